The molecule has 1 atom stereocenters. The molecule has 30 heavy (non-hydrogen) atoms. The number of ether oxygens (including phenoxy) is 5. The quantitative estimate of drug-likeness (QED) is 0.525. The summed E-state index contributed by atoms with van der Waals surface area (Å²) in [6, 6.07) is 11.7. The third-order valence-corrected chi connectivity index (χ3v) is 4.09. The van der Waals surface area contributed by atoms with Gasteiger partial charge in [0.15, 0.2) is 18.1 Å². The Bertz CT molecular complexity index is 924. The first-order chi connectivity index (χ1) is 14.5. The van der Waals surface area contributed by atoms with Crippen LogP contribution in [0.2, 0.25) is 0 Å². The average molecular weight is 416 g/mol. The Hall–Kier alpha value is -3.95. The van der Waals surface area contributed by atoms with Gasteiger partial charge in [-0.05, 0) is 24.3 Å². The van der Waals surface area contributed by atoms with Gasteiger partial charge in [-0.3, -0.25) is 20.4 Å². The minimum absolute atomic E-state index is 0.0126. The van der Waals surface area contributed by atoms with Crippen molar-refractivity contribution in [2.75, 3.05) is 27.4 Å². The number of nitrogens with one attached hydrogen (secondary N) is 2. The molecule has 0 aromatic heterocycles. The fourth-order valence-corrected chi connectivity index (χ4v) is 2.65. The van der Waals surface area contributed by atoms with Crippen LogP contribution in [0.3, 0.4) is 0 Å². The summed E-state index contributed by atoms with van der Waals surface area (Å²) >= 11 is 0. The monoisotopic (exact) mass is 416 g/mol. The third-order valence-electron chi connectivity index (χ3n) is 4.09. The maximum atomic E-state index is 12.3. The van der Waals surface area contributed by atoms with Gasteiger partial charge in [-0.2, -0.15) is 0 Å². The van der Waals surface area contributed by atoms with Crippen LogP contribution in [0, 0.1) is 0 Å². The van der Waals surface area contributed by atoms with Crippen molar-refractivity contribution in [3.8, 4) is 23.0 Å². The van der Waals surface area contributed by atoms with Crippen molar-refractivity contribution >= 4 is 17.8 Å². The largest absolute Gasteiger partial charge is 0.496 e. The van der Waals surface area contributed by atoms with Crippen molar-refractivity contribution in [2.45, 2.75) is 6.10 Å². The number of esters is 1. The molecule has 0 saturated heterocycles. The number of amides is 2. The highest BCUT2D eigenvalue weighted by atomic mass is 16.6. The van der Waals surface area contributed by atoms with E-state index in [0.29, 0.717) is 11.5 Å². The summed E-state index contributed by atoms with van der Waals surface area (Å²) in [6.45, 7) is -0.646. The molecule has 158 valence electrons. The molecule has 0 radical (unpaired) electrons. The molecule has 1 aliphatic heterocycles. The van der Waals surface area contributed by atoms with Crippen molar-refractivity contribution in [3.63, 3.8) is 0 Å². The highest BCUT2D eigenvalue weighted by molar-refractivity contribution is 5.97. The van der Waals surface area contributed by atoms with Gasteiger partial charge in [0.25, 0.3) is 11.8 Å². The van der Waals surface area contributed by atoms with Gasteiger partial charge in [0.2, 0.25) is 6.10 Å². The Morgan fingerprint density at radius 2 is 1.63 bits per heavy atom. The minimum atomic E-state index is -0.944. The molecular formula is C20H20N2O8. The topological polar surface area (TPSA) is 121 Å². The number of fused-ring (bicyclic) bond motifs is 1. The van der Waals surface area contributed by atoms with Crippen LogP contribution >= 0.6 is 0 Å². The van der Waals surface area contributed by atoms with Crippen LogP contribution in [0.4, 0.5) is 0 Å². The predicted molar refractivity (Wildman–Crippen MR) is 102 cm³/mol. The van der Waals surface area contributed by atoms with E-state index in [1.807, 2.05) is 0 Å². The maximum Gasteiger partial charge on any atom is 0.346 e. The average Bonchev–Trinajstić information content (AvgIpc) is 2.79. The second-order valence-corrected chi connectivity index (χ2v) is 6.02. The molecule has 2 amide bonds. The SMILES string of the molecule is COc1cccc(OC)c1C(=O)OCC(=O)NNC(=O)[C@H]1COc2ccccc2O1. The number of methoxy groups -OCH3 is 2. The zero-order valence-electron chi connectivity index (χ0n) is 16.3. The molecule has 2 aromatic rings. The van der Waals surface area contributed by atoms with Gasteiger partial charge >= 0.3 is 5.97 Å². The van der Waals surface area contributed by atoms with Crippen molar-refractivity contribution in [1.29, 1.82) is 0 Å². The first-order valence-electron chi connectivity index (χ1n) is 8.88. The van der Waals surface area contributed by atoms with E-state index in [2.05, 4.69) is 10.9 Å². The van der Waals surface area contributed by atoms with Crippen LogP contribution < -0.4 is 29.8 Å². The van der Waals surface area contributed by atoms with Crippen molar-refractivity contribution < 1.29 is 38.1 Å². The number of hydrazine groups is 1. The zero-order chi connectivity index (χ0) is 21.5. The normalized spacial score (nSPS) is 14.3. The second kappa shape index (κ2) is 9.50. The van der Waals surface area contributed by atoms with E-state index in [-0.39, 0.29) is 23.7 Å². The lowest BCUT2D eigenvalue weighted by molar-refractivity contribution is -0.135. The molecule has 10 nitrogen and oxygen atoms in total. The van der Waals surface area contributed by atoms with Crippen molar-refractivity contribution in [3.05, 3.63) is 48.0 Å². The van der Waals surface area contributed by atoms with E-state index >= 15 is 0 Å². The molecule has 0 fully saturated rings. The summed E-state index contributed by atoms with van der Waals surface area (Å²) < 4.78 is 26.2. The number of benzene rings is 2. The maximum absolute atomic E-state index is 12.3. The summed E-state index contributed by atoms with van der Waals surface area (Å²) in [7, 11) is 2.78. The highest BCUT2D eigenvalue weighted by Crippen LogP contribution is 2.31. The van der Waals surface area contributed by atoms with Gasteiger partial charge in [-0.25, -0.2) is 4.79 Å². The molecule has 0 saturated carbocycles. The molecule has 0 unspecified atom stereocenters. The van der Waals surface area contributed by atoms with Crippen molar-refractivity contribution in [1.82, 2.24) is 10.9 Å². The van der Waals surface area contributed by atoms with E-state index in [9.17, 15) is 14.4 Å². The molecule has 2 aromatic carbocycles. The molecule has 0 aliphatic carbocycles. The number of hydrogen-bond donors (Lipinski definition) is 2. The van der Waals surface area contributed by atoms with E-state index in [0.717, 1.165) is 0 Å². The van der Waals surface area contributed by atoms with E-state index in [4.69, 9.17) is 23.7 Å². The first-order valence-corrected chi connectivity index (χ1v) is 8.88. The lowest BCUT2D eigenvalue weighted by Gasteiger charge is -2.25. The molecular weight excluding hydrogens is 396 g/mol. The third kappa shape index (κ3) is 4.72. The lowest BCUT2D eigenvalue weighted by atomic mass is 10.2. The zero-order valence-corrected chi connectivity index (χ0v) is 16.3. The standard InChI is InChI=1S/C20H20N2O8/c1-26-14-8-5-9-15(27-2)18(14)20(25)29-11-17(23)21-22-19(24)16-10-28-12-6-3-4-7-13(12)30-16/h3-9,16H,10-11H2,1-2H3,(H,21,23)(H,22,24)/t16-/m1/s1. The van der Waals surface area contributed by atoms with E-state index < -0.39 is 30.5 Å². The van der Waals surface area contributed by atoms with E-state index in [1.165, 1.54) is 14.2 Å². The van der Waals surface area contributed by atoms with Crippen LogP contribution in [-0.2, 0) is 14.3 Å². The number of para-hydroxylation sites is 2. The Balaban J connectivity index is 1.49. The lowest BCUT2D eigenvalue weighted by Crippen LogP contribution is -2.51. The molecule has 2 N–H and O–H groups in total. The van der Waals surface area contributed by atoms with Crippen molar-refractivity contribution in [2.24, 2.45) is 0 Å². The van der Waals surface area contributed by atoms with E-state index in [1.54, 1.807) is 42.5 Å². The number of hydrogen-bond acceptors (Lipinski definition) is 8. The van der Waals surface area contributed by atoms with Crippen LogP contribution in [0.1, 0.15) is 10.4 Å². The molecule has 1 aliphatic rings. The second-order valence-electron chi connectivity index (χ2n) is 6.02. The number of rotatable bonds is 6. The van der Waals surface area contributed by atoms with Gasteiger partial charge in [0.05, 0.1) is 14.2 Å². The van der Waals surface area contributed by atoms with Gasteiger partial charge in [-0.15, -0.1) is 0 Å². The summed E-state index contributed by atoms with van der Waals surface area (Å²) in [4.78, 5) is 36.4. The van der Waals surface area contributed by atoms with Crippen LogP contribution in [0.15, 0.2) is 42.5 Å². The van der Waals surface area contributed by atoms with Crippen LogP contribution in [-0.4, -0.2) is 51.3 Å². The van der Waals surface area contributed by atoms with Gasteiger partial charge in [-0.1, -0.05) is 18.2 Å². The summed E-state index contributed by atoms with van der Waals surface area (Å²) in [6.07, 6.45) is -0.944. The molecule has 1 heterocycles. The predicted octanol–water partition coefficient (Wildman–Crippen LogP) is 0.848. The van der Waals surface area contributed by atoms with Crippen LogP contribution in [0.5, 0.6) is 23.0 Å². The van der Waals surface area contributed by atoms with Gasteiger partial charge in [0.1, 0.15) is 23.7 Å². The minimum Gasteiger partial charge on any atom is -0.496 e. The highest BCUT2D eigenvalue weighted by Gasteiger charge is 2.27. The summed E-state index contributed by atoms with van der Waals surface area (Å²) in [5, 5.41) is 0. The number of carbonyl (C=O) groups excluding carboxylic acids is 3. The molecule has 0 spiro atoms. The smallest absolute Gasteiger partial charge is 0.346 e. The number of carbonyl (C=O) groups is 3. The van der Waals surface area contributed by atoms with Crippen LogP contribution in [0.25, 0.3) is 0 Å². The molecule has 3 rings (SSSR count). The molecule has 0 bridgehead atoms. The molecule has 10 heteroatoms. The van der Waals surface area contributed by atoms with Gasteiger partial charge in [0, 0.05) is 0 Å². The fraction of sp³-hybridized carbons (Fsp3) is 0.250. The Labute approximate surface area is 172 Å². The fourth-order valence-electron chi connectivity index (χ4n) is 2.65. The summed E-state index contributed by atoms with van der Waals surface area (Å²) in [5.41, 5.74) is 4.41. The Morgan fingerprint density at radius 3 is 2.30 bits per heavy atom. The Morgan fingerprint density at radius 1 is 0.967 bits per heavy atom. The van der Waals surface area contributed by atoms with Gasteiger partial charge < -0.3 is 23.7 Å². The summed E-state index contributed by atoms with van der Waals surface area (Å²) in [5.74, 6) is -0.741. The first kappa shape index (κ1) is 20.8. The Kier molecular flexibility index (Phi) is 6.58.